The molecular formula is C15H20N2O3. The molecule has 0 atom stereocenters. The van der Waals surface area contributed by atoms with Gasteiger partial charge in [-0.25, -0.2) is 4.79 Å². The first kappa shape index (κ1) is 15.9. The Hall–Kier alpha value is -2.17. The van der Waals surface area contributed by atoms with Crippen LogP contribution in [0.15, 0.2) is 24.4 Å². The van der Waals surface area contributed by atoms with Crippen LogP contribution in [0.4, 0.5) is 0 Å². The molecule has 0 unspecified atom stereocenters. The van der Waals surface area contributed by atoms with Crippen molar-refractivity contribution in [2.24, 2.45) is 5.92 Å². The number of carboxylic acids is 1. The number of aromatic nitrogens is 1. The molecule has 0 bridgehead atoms. The van der Waals surface area contributed by atoms with E-state index in [1.54, 1.807) is 12.1 Å². The van der Waals surface area contributed by atoms with E-state index in [0.717, 1.165) is 18.9 Å². The largest absolute Gasteiger partial charge is 0.478 e. The number of amides is 1. The number of carbonyl (C=O) groups is 2. The molecule has 5 nitrogen and oxygen atoms in total. The first-order valence-electron chi connectivity index (χ1n) is 6.72. The number of nitrogens with zero attached hydrogens (tertiary/aromatic N) is 1. The van der Waals surface area contributed by atoms with E-state index in [-0.39, 0.29) is 5.91 Å². The molecule has 1 amide bonds. The SMILES string of the molecule is CCC(CC)CNC(=O)c1ccc(/C=C/C(=O)O)cn1. The van der Waals surface area contributed by atoms with Crippen LogP contribution in [-0.2, 0) is 4.79 Å². The number of aliphatic carboxylic acids is 1. The quantitative estimate of drug-likeness (QED) is 0.749. The van der Waals surface area contributed by atoms with E-state index in [4.69, 9.17) is 5.11 Å². The zero-order valence-corrected chi connectivity index (χ0v) is 11.8. The van der Waals surface area contributed by atoms with Gasteiger partial charge in [0.25, 0.3) is 5.91 Å². The Morgan fingerprint density at radius 3 is 2.55 bits per heavy atom. The van der Waals surface area contributed by atoms with Gasteiger partial charge in [0.05, 0.1) is 0 Å². The number of rotatable bonds is 7. The molecule has 1 aromatic rings. The first-order valence-corrected chi connectivity index (χ1v) is 6.72. The summed E-state index contributed by atoms with van der Waals surface area (Å²) in [5.74, 6) is -0.737. The maximum Gasteiger partial charge on any atom is 0.328 e. The van der Waals surface area contributed by atoms with Crippen LogP contribution in [0.1, 0.15) is 42.7 Å². The minimum Gasteiger partial charge on any atom is -0.478 e. The van der Waals surface area contributed by atoms with Crippen molar-refractivity contribution in [2.75, 3.05) is 6.54 Å². The second-order valence-corrected chi connectivity index (χ2v) is 4.54. The van der Waals surface area contributed by atoms with Crippen LogP contribution in [0.5, 0.6) is 0 Å². The van der Waals surface area contributed by atoms with Gasteiger partial charge in [-0.3, -0.25) is 9.78 Å². The van der Waals surface area contributed by atoms with Gasteiger partial charge in [-0.2, -0.15) is 0 Å². The summed E-state index contributed by atoms with van der Waals surface area (Å²) in [5.41, 5.74) is 0.979. The van der Waals surface area contributed by atoms with Gasteiger partial charge in [-0.15, -0.1) is 0 Å². The van der Waals surface area contributed by atoms with Crippen LogP contribution in [0, 0.1) is 5.92 Å². The third-order valence-electron chi connectivity index (χ3n) is 3.14. The standard InChI is InChI=1S/C15H20N2O3/c1-3-11(4-2)9-17-15(20)13-7-5-12(10-16-13)6-8-14(18)19/h5-8,10-11H,3-4,9H2,1-2H3,(H,17,20)(H,18,19)/b8-6+. The molecule has 0 aliphatic rings. The number of hydrogen-bond donors (Lipinski definition) is 2. The van der Waals surface area contributed by atoms with Crippen molar-refractivity contribution in [1.29, 1.82) is 0 Å². The molecule has 0 saturated carbocycles. The Kier molecular flexibility index (Phi) is 6.43. The highest BCUT2D eigenvalue weighted by atomic mass is 16.4. The fourth-order valence-electron chi connectivity index (χ4n) is 1.71. The Bertz CT molecular complexity index is 476. The summed E-state index contributed by atoms with van der Waals surface area (Å²) in [6.07, 6.45) is 6.00. The van der Waals surface area contributed by atoms with E-state index in [1.165, 1.54) is 12.3 Å². The maximum atomic E-state index is 11.9. The number of pyridine rings is 1. The summed E-state index contributed by atoms with van der Waals surface area (Å²) in [7, 11) is 0. The van der Waals surface area contributed by atoms with Crippen molar-refractivity contribution in [3.63, 3.8) is 0 Å². The minimum atomic E-state index is -1.02. The van der Waals surface area contributed by atoms with Crippen molar-refractivity contribution in [1.82, 2.24) is 10.3 Å². The molecule has 0 aromatic carbocycles. The van der Waals surface area contributed by atoms with Gasteiger partial charge < -0.3 is 10.4 Å². The topological polar surface area (TPSA) is 79.3 Å². The smallest absolute Gasteiger partial charge is 0.328 e. The number of carbonyl (C=O) groups excluding carboxylic acids is 1. The predicted molar refractivity (Wildman–Crippen MR) is 77.3 cm³/mol. The molecule has 1 heterocycles. The van der Waals surface area contributed by atoms with Crippen molar-refractivity contribution in [2.45, 2.75) is 26.7 Å². The highest BCUT2D eigenvalue weighted by Gasteiger charge is 2.09. The van der Waals surface area contributed by atoms with Crippen LogP contribution in [0.2, 0.25) is 0 Å². The molecule has 1 rings (SSSR count). The second kappa shape index (κ2) is 8.09. The second-order valence-electron chi connectivity index (χ2n) is 4.54. The van der Waals surface area contributed by atoms with Crippen molar-refractivity contribution >= 4 is 18.0 Å². The van der Waals surface area contributed by atoms with E-state index in [2.05, 4.69) is 24.1 Å². The summed E-state index contributed by atoms with van der Waals surface area (Å²) >= 11 is 0. The number of carboxylic acid groups (broad SMARTS) is 1. The number of nitrogens with one attached hydrogen (secondary N) is 1. The lowest BCUT2D eigenvalue weighted by atomic mass is 10.0. The molecule has 0 fully saturated rings. The summed E-state index contributed by atoms with van der Waals surface area (Å²) in [4.78, 5) is 26.3. The van der Waals surface area contributed by atoms with Crippen LogP contribution in [0.25, 0.3) is 6.08 Å². The Morgan fingerprint density at radius 1 is 1.35 bits per heavy atom. The average Bonchev–Trinajstić information content (AvgIpc) is 2.46. The first-order chi connectivity index (χ1) is 9.56. The van der Waals surface area contributed by atoms with E-state index < -0.39 is 5.97 Å². The Balaban J connectivity index is 2.59. The summed E-state index contributed by atoms with van der Waals surface area (Å²) in [5, 5.41) is 11.4. The van der Waals surface area contributed by atoms with Crippen LogP contribution < -0.4 is 5.32 Å². The molecule has 0 aliphatic heterocycles. The van der Waals surface area contributed by atoms with Gasteiger partial charge in [0, 0.05) is 18.8 Å². The highest BCUT2D eigenvalue weighted by Crippen LogP contribution is 2.06. The van der Waals surface area contributed by atoms with E-state index >= 15 is 0 Å². The van der Waals surface area contributed by atoms with Gasteiger partial charge >= 0.3 is 5.97 Å². The van der Waals surface area contributed by atoms with Crippen molar-refractivity contribution in [3.8, 4) is 0 Å². The molecule has 5 heteroatoms. The molecule has 1 aromatic heterocycles. The summed E-state index contributed by atoms with van der Waals surface area (Å²) in [6.45, 7) is 4.85. The monoisotopic (exact) mass is 276 g/mol. The lowest BCUT2D eigenvalue weighted by Gasteiger charge is -2.12. The fraction of sp³-hybridized carbons (Fsp3) is 0.400. The zero-order valence-electron chi connectivity index (χ0n) is 11.8. The zero-order chi connectivity index (χ0) is 15.0. The van der Waals surface area contributed by atoms with E-state index in [1.807, 2.05) is 0 Å². The molecule has 0 radical (unpaired) electrons. The molecule has 2 N–H and O–H groups in total. The molecule has 20 heavy (non-hydrogen) atoms. The molecule has 0 aliphatic carbocycles. The van der Waals surface area contributed by atoms with Gasteiger partial charge in [0.1, 0.15) is 5.69 Å². The van der Waals surface area contributed by atoms with Crippen LogP contribution >= 0.6 is 0 Å². The fourth-order valence-corrected chi connectivity index (χ4v) is 1.71. The summed E-state index contributed by atoms with van der Waals surface area (Å²) < 4.78 is 0. The summed E-state index contributed by atoms with van der Waals surface area (Å²) in [6, 6.07) is 3.25. The van der Waals surface area contributed by atoms with Gasteiger partial charge in [0.15, 0.2) is 0 Å². The highest BCUT2D eigenvalue weighted by molar-refractivity contribution is 5.92. The average molecular weight is 276 g/mol. The minimum absolute atomic E-state index is 0.203. The molecular weight excluding hydrogens is 256 g/mol. The van der Waals surface area contributed by atoms with Gasteiger partial charge in [-0.05, 0) is 23.6 Å². The predicted octanol–water partition coefficient (Wildman–Crippen LogP) is 2.35. The Morgan fingerprint density at radius 2 is 2.05 bits per heavy atom. The third-order valence-corrected chi connectivity index (χ3v) is 3.14. The Labute approximate surface area is 118 Å². The molecule has 0 spiro atoms. The van der Waals surface area contributed by atoms with Crippen LogP contribution in [0.3, 0.4) is 0 Å². The van der Waals surface area contributed by atoms with Gasteiger partial charge in [0.2, 0.25) is 0 Å². The van der Waals surface area contributed by atoms with Gasteiger partial charge in [-0.1, -0.05) is 32.8 Å². The van der Waals surface area contributed by atoms with Crippen molar-refractivity contribution in [3.05, 3.63) is 35.7 Å². The van der Waals surface area contributed by atoms with Crippen molar-refractivity contribution < 1.29 is 14.7 Å². The normalized spacial score (nSPS) is 10.9. The van der Waals surface area contributed by atoms with E-state index in [9.17, 15) is 9.59 Å². The van der Waals surface area contributed by atoms with Crippen LogP contribution in [-0.4, -0.2) is 28.5 Å². The number of hydrogen-bond acceptors (Lipinski definition) is 3. The van der Waals surface area contributed by atoms with E-state index in [0.29, 0.717) is 23.7 Å². The third kappa shape index (κ3) is 5.22. The lowest BCUT2D eigenvalue weighted by molar-refractivity contribution is -0.131. The lowest BCUT2D eigenvalue weighted by Crippen LogP contribution is -2.29. The maximum absolute atomic E-state index is 11.9. The molecule has 0 saturated heterocycles. The molecule has 108 valence electrons.